The fraction of sp³-hybridized carbons (Fsp3) is 0.842. The quantitative estimate of drug-likeness (QED) is 0.238. The van der Waals surface area contributed by atoms with Gasteiger partial charge in [-0.25, -0.2) is 4.67 Å². The van der Waals surface area contributed by atoms with Crippen LogP contribution in [0.1, 0.15) is 40.5 Å². The molecule has 0 saturated carbocycles. The third kappa shape index (κ3) is 6.60. The second-order valence-corrected chi connectivity index (χ2v) is 11.5. The lowest BCUT2D eigenvalue weighted by atomic mass is 9.83. The number of nitriles is 1. The van der Waals surface area contributed by atoms with E-state index in [0.29, 0.717) is 6.42 Å². The van der Waals surface area contributed by atoms with Gasteiger partial charge in [-0.3, -0.25) is 4.57 Å². The van der Waals surface area contributed by atoms with Gasteiger partial charge < -0.3 is 27.6 Å². The van der Waals surface area contributed by atoms with E-state index in [2.05, 4.69) is 38.4 Å². The van der Waals surface area contributed by atoms with Crippen LogP contribution in [-0.2, 0) is 32.1 Å². The molecule has 2 radical (unpaired) electrons. The summed E-state index contributed by atoms with van der Waals surface area (Å²) in [6.07, 6.45) is 1.47. The van der Waals surface area contributed by atoms with Gasteiger partial charge in [0.05, 0.1) is 31.8 Å². The molecule has 0 spiro atoms. The molecule has 0 amide bonds. The van der Waals surface area contributed by atoms with Gasteiger partial charge >= 0.3 is 7.60 Å². The van der Waals surface area contributed by atoms with Crippen LogP contribution >= 0.6 is 16.1 Å². The summed E-state index contributed by atoms with van der Waals surface area (Å²) < 4.78 is 49.3. The van der Waals surface area contributed by atoms with Gasteiger partial charge in [-0.1, -0.05) is 0 Å². The molecule has 0 N–H and O–H groups in total. The van der Waals surface area contributed by atoms with E-state index in [-0.39, 0.29) is 37.8 Å². The summed E-state index contributed by atoms with van der Waals surface area (Å²) in [6, 6.07) is 1.83. The van der Waals surface area contributed by atoms with E-state index >= 15 is 0 Å². The highest BCUT2D eigenvalue weighted by Crippen LogP contribution is 2.54. The third-order valence-corrected chi connectivity index (χ3v) is 8.74. The summed E-state index contributed by atoms with van der Waals surface area (Å²) in [7, 11) is 3.77. The van der Waals surface area contributed by atoms with Gasteiger partial charge in [-0.05, 0) is 40.2 Å². The van der Waals surface area contributed by atoms with E-state index in [4.69, 9.17) is 40.7 Å². The summed E-state index contributed by atoms with van der Waals surface area (Å²) in [5.74, 6) is 1.36. The van der Waals surface area contributed by atoms with Crippen LogP contribution in [0.3, 0.4) is 0 Å². The van der Waals surface area contributed by atoms with Gasteiger partial charge in [0.25, 0.3) is 8.53 Å². The molecule has 2 rings (SSSR count). The Balaban J connectivity index is 2.35. The summed E-state index contributed by atoms with van der Waals surface area (Å²) in [4.78, 5) is 0. The molecular weight excluding hydrogens is 441 g/mol. The van der Waals surface area contributed by atoms with Crippen molar-refractivity contribution in [2.24, 2.45) is 0 Å². The van der Waals surface area contributed by atoms with Gasteiger partial charge in [-0.2, -0.15) is 5.26 Å². The molecule has 1 unspecified atom stereocenters. The summed E-state index contributed by atoms with van der Waals surface area (Å²) in [5, 5.41) is 8.92. The highest BCUT2D eigenvalue weighted by atomic mass is 31.2. The molecule has 2 heterocycles. The average molecular weight is 474 g/mol. The first-order chi connectivity index (χ1) is 14.6. The van der Waals surface area contributed by atoms with Crippen LogP contribution in [0.4, 0.5) is 0 Å². The molecule has 174 valence electrons. The Morgan fingerprint density at radius 3 is 2.52 bits per heavy atom. The predicted molar refractivity (Wildman–Crippen MR) is 119 cm³/mol. The van der Waals surface area contributed by atoms with Crippen LogP contribution in [0.15, 0.2) is 11.9 Å². The Hall–Kier alpha value is -0.325. The Kier molecular flexibility index (Phi) is 10.2. The van der Waals surface area contributed by atoms with Crippen molar-refractivity contribution < 1.29 is 32.1 Å². The van der Waals surface area contributed by atoms with Crippen LogP contribution < -0.4 is 0 Å². The van der Waals surface area contributed by atoms with E-state index in [0.717, 1.165) is 0 Å². The maximum absolute atomic E-state index is 12.6. The SMILES string of the molecule is [B][C@H]1C[C@@H]2OC[C@](/C=C/P(=O)(OC)OC)(O1)[C@H]2OP(OCCC#N)N(C(C)C)C(C)C. The topological polar surface area (TPSA) is 99.5 Å². The maximum atomic E-state index is 12.6. The Morgan fingerprint density at radius 1 is 1.32 bits per heavy atom. The molecule has 0 aromatic heterocycles. The van der Waals surface area contributed by atoms with Crippen LogP contribution in [0.25, 0.3) is 0 Å². The average Bonchev–Trinajstić information content (AvgIpc) is 2.91. The van der Waals surface area contributed by atoms with Crippen molar-refractivity contribution in [2.75, 3.05) is 27.4 Å². The molecular formula is C19H33BN2O7P2. The second kappa shape index (κ2) is 11.7. The van der Waals surface area contributed by atoms with E-state index < -0.39 is 33.8 Å². The summed E-state index contributed by atoms with van der Waals surface area (Å²) in [6.45, 7) is 8.69. The highest BCUT2D eigenvalue weighted by Gasteiger charge is 2.56. The normalized spacial score (nSPS) is 29.9. The van der Waals surface area contributed by atoms with Crippen molar-refractivity contribution in [2.45, 2.75) is 76.4 Å². The number of fused-ring (bicyclic) bond motifs is 2. The lowest BCUT2D eigenvalue weighted by Gasteiger charge is -2.44. The van der Waals surface area contributed by atoms with Gasteiger partial charge in [-0.15, -0.1) is 0 Å². The second-order valence-electron chi connectivity index (χ2n) is 7.99. The number of hydrogen-bond acceptors (Lipinski definition) is 9. The molecule has 31 heavy (non-hydrogen) atoms. The summed E-state index contributed by atoms with van der Waals surface area (Å²) >= 11 is 0. The van der Waals surface area contributed by atoms with Gasteiger partial charge in [0.15, 0.2) is 0 Å². The molecule has 0 aromatic rings. The molecule has 2 saturated heterocycles. The molecule has 0 aliphatic carbocycles. The maximum Gasteiger partial charge on any atom is 0.353 e. The Morgan fingerprint density at radius 2 is 1.97 bits per heavy atom. The number of hydrogen-bond donors (Lipinski definition) is 0. The lowest BCUT2D eigenvalue weighted by molar-refractivity contribution is -0.111. The van der Waals surface area contributed by atoms with Crippen molar-refractivity contribution in [3.05, 3.63) is 11.9 Å². The molecule has 9 nitrogen and oxygen atoms in total. The van der Waals surface area contributed by atoms with Crippen molar-refractivity contribution in [1.29, 1.82) is 5.26 Å². The first-order valence-electron chi connectivity index (χ1n) is 10.3. The smallest absolute Gasteiger partial charge is 0.353 e. The van der Waals surface area contributed by atoms with Crippen molar-refractivity contribution in [3.63, 3.8) is 0 Å². The molecule has 2 bridgehead atoms. The largest absolute Gasteiger partial charge is 0.372 e. The van der Waals surface area contributed by atoms with Crippen LogP contribution in [-0.4, -0.2) is 75.8 Å². The standard InChI is InChI=1S/C19H33BN2O7P2/c1-14(2)22(15(3)4)30(27-10-7-9-21)29-18-16-12-17(20)28-19(18,13-26-16)8-11-31(23,24-5)25-6/h8,11,14-18H,7,10,12-13H2,1-6H3/b11-8+/t16-,17+,18-,19-,30?/m0/s1. The molecule has 2 fully saturated rings. The Labute approximate surface area is 188 Å². The first-order valence-corrected chi connectivity index (χ1v) is 13.1. The minimum absolute atomic E-state index is 0.146. The van der Waals surface area contributed by atoms with Crippen molar-refractivity contribution in [1.82, 2.24) is 4.67 Å². The zero-order valence-electron chi connectivity index (χ0n) is 19.1. The van der Waals surface area contributed by atoms with E-state index in [1.54, 1.807) is 6.08 Å². The highest BCUT2D eigenvalue weighted by molar-refractivity contribution is 7.57. The molecule has 2 aliphatic heterocycles. The van der Waals surface area contributed by atoms with E-state index in [1.165, 1.54) is 20.0 Å². The van der Waals surface area contributed by atoms with Crippen molar-refractivity contribution in [3.8, 4) is 6.07 Å². The fourth-order valence-electron chi connectivity index (χ4n) is 3.72. The minimum Gasteiger partial charge on any atom is -0.372 e. The first kappa shape index (κ1) is 26.9. The fourth-order valence-corrected chi connectivity index (χ4v) is 6.36. The summed E-state index contributed by atoms with van der Waals surface area (Å²) in [5.41, 5.74) is -1.06. The van der Waals surface area contributed by atoms with Crippen LogP contribution in [0.5, 0.6) is 0 Å². The molecule has 2 aliphatic rings. The monoisotopic (exact) mass is 474 g/mol. The molecule has 12 heteroatoms. The third-order valence-electron chi connectivity index (χ3n) is 5.09. The Bertz CT molecular complexity index is 689. The molecule has 5 atom stereocenters. The van der Waals surface area contributed by atoms with Gasteiger partial charge in [0.2, 0.25) is 0 Å². The van der Waals surface area contributed by atoms with E-state index in [9.17, 15) is 4.57 Å². The van der Waals surface area contributed by atoms with Gasteiger partial charge in [0, 0.05) is 38.1 Å². The minimum atomic E-state index is -3.42. The number of nitrogens with zero attached hydrogens (tertiary/aromatic N) is 2. The lowest BCUT2D eigenvalue weighted by Crippen LogP contribution is -2.53. The molecule has 0 aromatic carbocycles. The zero-order valence-corrected chi connectivity index (χ0v) is 20.9. The van der Waals surface area contributed by atoms with Crippen LogP contribution in [0.2, 0.25) is 0 Å². The van der Waals surface area contributed by atoms with Crippen LogP contribution in [0, 0.1) is 11.3 Å². The number of rotatable bonds is 12. The van der Waals surface area contributed by atoms with Crippen molar-refractivity contribution >= 4 is 24.0 Å². The van der Waals surface area contributed by atoms with Gasteiger partial charge in [0.1, 0.15) is 19.6 Å². The number of ether oxygens (including phenoxy) is 2. The predicted octanol–water partition coefficient (Wildman–Crippen LogP) is 3.70. The van der Waals surface area contributed by atoms with E-state index in [1.807, 2.05) is 0 Å². The zero-order chi connectivity index (χ0) is 23.2.